The zero-order valence-corrected chi connectivity index (χ0v) is 13.5. The number of nitrogens with zero attached hydrogens (tertiary/aromatic N) is 6. The van der Waals surface area contributed by atoms with Crippen LogP contribution in [-0.4, -0.2) is 43.6 Å². The molecule has 3 aromatic rings. The van der Waals surface area contributed by atoms with Gasteiger partial charge in [-0.1, -0.05) is 5.16 Å². The molecule has 1 aliphatic heterocycles. The van der Waals surface area contributed by atoms with Gasteiger partial charge in [0.25, 0.3) is 0 Å². The highest BCUT2D eigenvalue weighted by Crippen LogP contribution is 2.22. The molecule has 0 N–H and O–H groups in total. The molecule has 25 heavy (non-hydrogen) atoms. The van der Waals surface area contributed by atoms with Crippen LogP contribution < -0.4 is 0 Å². The third-order valence-electron chi connectivity index (χ3n) is 4.08. The molecule has 130 valence electrons. The molecule has 9 heteroatoms. The molecule has 0 spiro atoms. The molecule has 0 radical (unpaired) electrons. The van der Waals surface area contributed by atoms with Crippen molar-refractivity contribution in [2.24, 2.45) is 0 Å². The average molecular weight is 344 g/mol. The lowest BCUT2D eigenvalue weighted by atomic mass is 10.1. The van der Waals surface area contributed by atoms with Gasteiger partial charge >= 0.3 is 0 Å². The summed E-state index contributed by atoms with van der Waals surface area (Å²) in [4.78, 5) is 5.94. The molecule has 1 aromatic carbocycles. The van der Waals surface area contributed by atoms with E-state index in [1.165, 1.54) is 16.9 Å². The van der Waals surface area contributed by atoms with Crippen molar-refractivity contribution in [3.05, 3.63) is 41.8 Å². The van der Waals surface area contributed by atoms with Gasteiger partial charge in [-0.3, -0.25) is 0 Å². The highest BCUT2D eigenvalue weighted by molar-refractivity contribution is 5.53. The molecule has 4 rings (SSSR count). The summed E-state index contributed by atoms with van der Waals surface area (Å²) in [5.41, 5.74) is 0.730. The van der Waals surface area contributed by atoms with Gasteiger partial charge < -0.3 is 9.26 Å². The van der Waals surface area contributed by atoms with E-state index >= 15 is 0 Å². The third-order valence-corrected chi connectivity index (χ3v) is 4.08. The van der Waals surface area contributed by atoms with E-state index in [1.807, 2.05) is 0 Å². The fraction of sp³-hybridized carbons (Fsp3) is 0.438. The Morgan fingerprint density at radius 1 is 1.24 bits per heavy atom. The van der Waals surface area contributed by atoms with Gasteiger partial charge in [0.15, 0.2) is 5.82 Å². The standard InChI is InChI=1S/C16H17FN6O2/c17-13-5-3-11(4-6-13)16-19-22-23(20-16)8-1-2-14-18-15(21-25-14)12-7-9-24-10-12/h3-6,12H,1-2,7-10H2/t12-/m1/s1. The summed E-state index contributed by atoms with van der Waals surface area (Å²) in [6.07, 6.45) is 2.34. The van der Waals surface area contributed by atoms with Crippen LogP contribution in [-0.2, 0) is 17.7 Å². The van der Waals surface area contributed by atoms with Crippen molar-refractivity contribution < 1.29 is 13.7 Å². The number of halogens is 1. The van der Waals surface area contributed by atoms with Crippen LogP contribution in [0.1, 0.15) is 30.5 Å². The molecule has 1 saturated heterocycles. The maximum Gasteiger partial charge on any atom is 0.226 e. The van der Waals surface area contributed by atoms with Crippen LogP contribution in [0, 0.1) is 5.82 Å². The quantitative estimate of drug-likeness (QED) is 0.675. The third kappa shape index (κ3) is 3.71. The predicted octanol–water partition coefficient (Wildman–Crippen LogP) is 2.00. The first kappa shape index (κ1) is 15.8. The Kier molecular flexibility index (Phi) is 4.47. The van der Waals surface area contributed by atoms with Gasteiger partial charge in [0.1, 0.15) is 5.82 Å². The number of aryl methyl sites for hydroxylation is 2. The molecule has 2 aromatic heterocycles. The minimum Gasteiger partial charge on any atom is -0.381 e. The van der Waals surface area contributed by atoms with Crippen molar-refractivity contribution in [3.63, 3.8) is 0 Å². The van der Waals surface area contributed by atoms with Gasteiger partial charge in [0, 0.05) is 24.5 Å². The van der Waals surface area contributed by atoms with Crippen molar-refractivity contribution in [1.29, 1.82) is 0 Å². The molecule has 0 amide bonds. The molecule has 0 saturated carbocycles. The summed E-state index contributed by atoms with van der Waals surface area (Å²) >= 11 is 0. The van der Waals surface area contributed by atoms with Crippen molar-refractivity contribution >= 4 is 0 Å². The molecule has 1 atom stereocenters. The van der Waals surface area contributed by atoms with Crippen molar-refractivity contribution in [3.8, 4) is 11.4 Å². The van der Waals surface area contributed by atoms with Gasteiger partial charge in [-0.25, -0.2) is 4.39 Å². The SMILES string of the molecule is Fc1ccc(-c2nnn(CCCc3nc([C@@H]4CCOC4)no3)n2)cc1. The Bertz CT molecular complexity index is 825. The number of hydrogen-bond donors (Lipinski definition) is 0. The number of benzene rings is 1. The maximum atomic E-state index is 12.9. The average Bonchev–Trinajstić information content (AvgIpc) is 3.37. The Hall–Kier alpha value is -2.68. The lowest BCUT2D eigenvalue weighted by Gasteiger charge is -1.98. The van der Waals surface area contributed by atoms with E-state index in [-0.39, 0.29) is 11.7 Å². The summed E-state index contributed by atoms with van der Waals surface area (Å²) in [6.45, 7) is 2.00. The van der Waals surface area contributed by atoms with Crippen LogP contribution in [0.3, 0.4) is 0 Å². The highest BCUT2D eigenvalue weighted by Gasteiger charge is 2.22. The first-order valence-electron chi connectivity index (χ1n) is 8.22. The second kappa shape index (κ2) is 7.06. The number of hydrogen-bond acceptors (Lipinski definition) is 7. The van der Waals surface area contributed by atoms with Crippen molar-refractivity contribution in [1.82, 2.24) is 30.3 Å². The van der Waals surface area contributed by atoms with Crippen LogP contribution in [0.2, 0.25) is 0 Å². The normalized spacial score (nSPS) is 17.2. The molecule has 1 fully saturated rings. The van der Waals surface area contributed by atoms with Gasteiger partial charge in [-0.15, -0.1) is 10.2 Å². The molecule has 0 bridgehead atoms. The molecule has 0 aliphatic carbocycles. The Morgan fingerprint density at radius 2 is 2.12 bits per heavy atom. The molecule has 0 unspecified atom stereocenters. The first-order valence-corrected chi connectivity index (χ1v) is 8.22. The molecule has 1 aliphatic rings. The van der Waals surface area contributed by atoms with Crippen LogP contribution in [0.15, 0.2) is 28.8 Å². The first-order chi connectivity index (χ1) is 12.3. The molecular weight excluding hydrogens is 327 g/mol. The Morgan fingerprint density at radius 3 is 2.92 bits per heavy atom. The highest BCUT2D eigenvalue weighted by atomic mass is 19.1. The number of rotatable bonds is 6. The minimum absolute atomic E-state index is 0.243. The number of ether oxygens (including phenoxy) is 1. The summed E-state index contributed by atoms with van der Waals surface area (Å²) in [6, 6.07) is 6.00. The van der Waals surface area contributed by atoms with Crippen LogP contribution >= 0.6 is 0 Å². The van der Waals surface area contributed by atoms with E-state index in [0.29, 0.717) is 31.3 Å². The van der Waals surface area contributed by atoms with E-state index in [0.717, 1.165) is 30.8 Å². The van der Waals surface area contributed by atoms with E-state index in [4.69, 9.17) is 9.26 Å². The van der Waals surface area contributed by atoms with Gasteiger partial charge in [-0.05, 0) is 42.3 Å². The zero-order valence-electron chi connectivity index (χ0n) is 13.5. The number of tetrazole rings is 1. The van der Waals surface area contributed by atoms with Crippen molar-refractivity contribution in [2.75, 3.05) is 13.2 Å². The van der Waals surface area contributed by atoms with E-state index in [9.17, 15) is 4.39 Å². The minimum atomic E-state index is -0.292. The lowest BCUT2D eigenvalue weighted by Crippen LogP contribution is -2.04. The predicted molar refractivity (Wildman–Crippen MR) is 84.0 cm³/mol. The Balaban J connectivity index is 1.31. The monoisotopic (exact) mass is 344 g/mol. The molecule has 3 heterocycles. The van der Waals surface area contributed by atoms with Crippen LogP contribution in [0.25, 0.3) is 11.4 Å². The summed E-state index contributed by atoms with van der Waals surface area (Å²) in [7, 11) is 0. The maximum absolute atomic E-state index is 12.9. The summed E-state index contributed by atoms with van der Waals surface area (Å²) < 4.78 is 23.6. The van der Waals surface area contributed by atoms with E-state index < -0.39 is 0 Å². The fourth-order valence-corrected chi connectivity index (χ4v) is 2.70. The van der Waals surface area contributed by atoms with E-state index in [1.54, 1.807) is 12.1 Å². The fourth-order valence-electron chi connectivity index (χ4n) is 2.70. The topological polar surface area (TPSA) is 91.8 Å². The second-order valence-electron chi connectivity index (χ2n) is 5.93. The van der Waals surface area contributed by atoms with Gasteiger partial charge in [0.05, 0.1) is 13.2 Å². The summed E-state index contributed by atoms with van der Waals surface area (Å²) in [5, 5.41) is 16.3. The smallest absolute Gasteiger partial charge is 0.226 e. The summed E-state index contributed by atoms with van der Waals surface area (Å²) in [5.74, 6) is 1.76. The van der Waals surface area contributed by atoms with Crippen LogP contribution in [0.5, 0.6) is 0 Å². The Labute approximate surface area is 143 Å². The molecule has 8 nitrogen and oxygen atoms in total. The van der Waals surface area contributed by atoms with Crippen LogP contribution in [0.4, 0.5) is 4.39 Å². The largest absolute Gasteiger partial charge is 0.381 e. The van der Waals surface area contributed by atoms with Gasteiger partial charge in [0.2, 0.25) is 11.7 Å². The molecular formula is C16H17FN6O2. The number of aromatic nitrogens is 6. The second-order valence-corrected chi connectivity index (χ2v) is 5.93. The van der Waals surface area contributed by atoms with Gasteiger partial charge in [-0.2, -0.15) is 9.78 Å². The van der Waals surface area contributed by atoms with Crippen molar-refractivity contribution in [2.45, 2.75) is 31.7 Å². The van der Waals surface area contributed by atoms with E-state index in [2.05, 4.69) is 25.6 Å². The zero-order chi connectivity index (χ0) is 17.1. The lowest BCUT2D eigenvalue weighted by molar-refractivity contribution is 0.192.